The first-order chi connectivity index (χ1) is 6.24. The van der Waals surface area contributed by atoms with E-state index in [1.165, 1.54) is 6.07 Å². The molecule has 1 heterocycles. The second-order valence-electron chi connectivity index (χ2n) is 2.56. The summed E-state index contributed by atoms with van der Waals surface area (Å²) in [5, 5.41) is 8.56. The molecule has 66 valence electrons. The molecule has 3 nitrogen and oxygen atoms in total. The van der Waals surface area contributed by atoms with Crippen molar-refractivity contribution in [1.82, 2.24) is 4.98 Å². The van der Waals surface area contributed by atoms with Crippen molar-refractivity contribution in [2.24, 2.45) is 0 Å². The summed E-state index contributed by atoms with van der Waals surface area (Å²) >= 11 is 0. The molecule has 1 aromatic rings. The first kappa shape index (κ1) is 9.27. The van der Waals surface area contributed by atoms with Crippen LogP contribution >= 0.6 is 0 Å². The Kier molecular flexibility index (Phi) is 3.04. The zero-order valence-electron chi connectivity index (χ0n) is 7.03. The first-order valence-corrected chi connectivity index (χ1v) is 3.85. The highest BCUT2D eigenvalue weighted by molar-refractivity contribution is 5.85. The standard InChI is InChI=1S/C10H9NO2/c1-2-3-4-8-5-6-9(10(12)13)11-7-8/h1,5-7H,3-4H2,(H,12,13). The Morgan fingerprint density at radius 2 is 2.38 bits per heavy atom. The Bertz CT molecular complexity index is 335. The molecule has 1 rings (SSSR count). The van der Waals surface area contributed by atoms with Gasteiger partial charge in [-0.05, 0) is 18.1 Å². The van der Waals surface area contributed by atoms with Gasteiger partial charge in [-0.15, -0.1) is 12.3 Å². The fourth-order valence-corrected chi connectivity index (χ4v) is 0.915. The lowest BCUT2D eigenvalue weighted by molar-refractivity contribution is 0.0690. The number of nitrogens with zero attached hydrogens (tertiary/aromatic N) is 1. The average molecular weight is 175 g/mol. The molecule has 0 radical (unpaired) electrons. The Labute approximate surface area is 76.4 Å². The van der Waals surface area contributed by atoms with E-state index < -0.39 is 5.97 Å². The van der Waals surface area contributed by atoms with Gasteiger partial charge in [0.2, 0.25) is 0 Å². The van der Waals surface area contributed by atoms with Gasteiger partial charge in [0.05, 0.1) is 0 Å². The zero-order chi connectivity index (χ0) is 9.68. The van der Waals surface area contributed by atoms with Crippen LogP contribution in [0, 0.1) is 12.3 Å². The van der Waals surface area contributed by atoms with E-state index in [4.69, 9.17) is 11.5 Å². The van der Waals surface area contributed by atoms with Gasteiger partial charge in [-0.1, -0.05) is 6.07 Å². The zero-order valence-corrected chi connectivity index (χ0v) is 7.03. The summed E-state index contributed by atoms with van der Waals surface area (Å²) in [5.41, 5.74) is 1.02. The number of carbonyl (C=O) groups is 1. The van der Waals surface area contributed by atoms with E-state index in [0.29, 0.717) is 6.42 Å². The Hall–Kier alpha value is -1.82. The molecule has 1 N–H and O–H groups in total. The summed E-state index contributed by atoms with van der Waals surface area (Å²) in [6, 6.07) is 3.21. The van der Waals surface area contributed by atoms with Crippen LogP contribution in [0.1, 0.15) is 22.5 Å². The van der Waals surface area contributed by atoms with E-state index >= 15 is 0 Å². The Morgan fingerprint density at radius 1 is 1.62 bits per heavy atom. The molecule has 0 atom stereocenters. The predicted molar refractivity (Wildman–Crippen MR) is 48.4 cm³/mol. The fraction of sp³-hybridized carbons (Fsp3) is 0.200. The number of terminal acetylenes is 1. The van der Waals surface area contributed by atoms with Gasteiger partial charge in [0.15, 0.2) is 0 Å². The van der Waals surface area contributed by atoms with Gasteiger partial charge in [-0.2, -0.15) is 0 Å². The Balaban J connectivity index is 2.71. The van der Waals surface area contributed by atoms with Crippen LogP contribution in [0.15, 0.2) is 18.3 Å². The predicted octanol–water partition coefficient (Wildman–Crippen LogP) is 1.35. The molecule has 0 unspecified atom stereocenters. The lowest BCUT2D eigenvalue weighted by Gasteiger charge is -1.97. The smallest absolute Gasteiger partial charge is 0.354 e. The number of hydrogen-bond acceptors (Lipinski definition) is 2. The van der Waals surface area contributed by atoms with Gasteiger partial charge in [0.1, 0.15) is 5.69 Å². The van der Waals surface area contributed by atoms with Gasteiger partial charge in [0.25, 0.3) is 0 Å². The highest BCUT2D eigenvalue weighted by Gasteiger charge is 2.02. The molecule has 0 saturated heterocycles. The lowest BCUT2D eigenvalue weighted by Crippen LogP contribution is -2.00. The van der Waals surface area contributed by atoms with Crippen LogP contribution in [0.2, 0.25) is 0 Å². The number of rotatable bonds is 3. The van der Waals surface area contributed by atoms with Crippen LogP contribution < -0.4 is 0 Å². The fourth-order valence-electron chi connectivity index (χ4n) is 0.915. The normalized spacial score (nSPS) is 9.15. The monoisotopic (exact) mass is 175 g/mol. The average Bonchev–Trinajstić information content (AvgIpc) is 2.15. The number of carboxylic acids is 1. The van der Waals surface area contributed by atoms with Gasteiger partial charge >= 0.3 is 5.97 Å². The number of carboxylic acid groups (broad SMARTS) is 1. The van der Waals surface area contributed by atoms with E-state index in [1.807, 2.05) is 0 Å². The molecule has 1 aromatic heterocycles. The van der Waals surface area contributed by atoms with E-state index in [9.17, 15) is 4.79 Å². The molecule has 0 aromatic carbocycles. The molecule has 0 aliphatic heterocycles. The van der Waals surface area contributed by atoms with Gasteiger partial charge < -0.3 is 5.11 Å². The van der Waals surface area contributed by atoms with E-state index in [1.54, 1.807) is 12.3 Å². The maximum Gasteiger partial charge on any atom is 0.354 e. The number of aromatic nitrogens is 1. The second-order valence-corrected chi connectivity index (χ2v) is 2.56. The third-order valence-corrected chi connectivity index (χ3v) is 1.60. The van der Waals surface area contributed by atoms with Crippen molar-refractivity contribution in [2.45, 2.75) is 12.8 Å². The lowest BCUT2D eigenvalue weighted by atomic mass is 10.1. The number of pyridine rings is 1. The summed E-state index contributed by atoms with van der Waals surface area (Å²) in [5.74, 6) is 1.50. The van der Waals surface area contributed by atoms with Crippen LogP contribution in [0.3, 0.4) is 0 Å². The van der Waals surface area contributed by atoms with Crippen molar-refractivity contribution in [3.63, 3.8) is 0 Å². The summed E-state index contributed by atoms with van der Waals surface area (Å²) in [4.78, 5) is 14.2. The number of aromatic carboxylic acids is 1. The van der Waals surface area contributed by atoms with E-state index in [0.717, 1.165) is 12.0 Å². The Morgan fingerprint density at radius 3 is 2.85 bits per heavy atom. The van der Waals surface area contributed by atoms with E-state index in [-0.39, 0.29) is 5.69 Å². The van der Waals surface area contributed by atoms with Gasteiger partial charge in [0, 0.05) is 12.6 Å². The molecule has 0 aliphatic carbocycles. The summed E-state index contributed by atoms with van der Waals surface area (Å²) in [6.07, 6.45) is 8.02. The summed E-state index contributed by atoms with van der Waals surface area (Å²) < 4.78 is 0. The summed E-state index contributed by atoms with van der Waals surface area (Å²) in [7, 11) is 0. The summed E-state index contributed by atoms with van der Waals surface area (Å²) in [6.45, 7) is 0. The molecule has 0 aliphatic rings. The third kappa shape index (κ3) is 2.60. The molecule has 3 heteroatoms. The molecule has 0 fully saturated rings. The van der Waals surface area contributed by atoms with Crippen LogP contribution in [-0.2, 0) is 6.42 Å². The maximum absolute atomic E-state index is 10.4. The van der Waals surface area contributed by atoms with Crippen molar-refractivity contribution >= 4 is 5.97 Å². The van der Waals surface area contributed by atoms with Gasteiger partial charge in [-0.3, -0.25) is 0 Å². The highest BCUT2D eigenvalue weighted by atomic mass is 16.4. The largest absolute Gasteiger partial charge is 0.477 e. The molecule has 13 heavy (non-hydrogen) atoms. The maximum atomic E-state index is 10.4. The van der Waals surface area contributed by atoms with Crippen LogP contribution in [-0.4, -0.2) is 16.1 Å². The molecule has 0 amide bonds. The van der Waals surface area contributed by atoms with Crippen molar-refractivity contribution in [2.75, 3.05) is 0 Å². The topological polar surface area (TPSA) is 50.2 Å². The number of hydrogen-bond donors (Lipinski definition) is 1. The molecule has 0 spiro atoms. The minimum absolute atomic E-state index is 0.0597. The molecular weight excluding hydrogens is 166 g/mol. The first-order valence-electron chi connectivity index (χ1n) is 3.85. The highest BCUT2D eigenvalue weighted by Crippen LogP contribution is 2.02. The SMILES string of the molecule is C#CCCc1ccc(C(=O)O)nc1. The number of aryl methyl sites for hydroxylation is 1. The van der Waals surface area contributed by atoms with Crippen molar-refractivity contribution in [3.8, 4) is 12.3 Å². The molecule has 0 saturated carbocycles. The van der Waals surface area contributed by atoms with Crippen molar-refractivity contribution < 1.29 is 9.90 Å². The minimum atomic E-state index is -1.01. The third-order valence-electron chi connectivity index (χ3n) is 1.60. The minimum Gasteiger partial charge on any atom is -0.477 e. The quantitative estimate of drug-likeness (QED) is 0.705. The van der Waals surface area contributed by atoms with Gasteiger partial charge in [-0.25, -0.2) is 9.78 Å². The van der Waals surface area contributed by atoms with Crippen LogP contribution in [0.5, 0.6) is 0 Å². The molecular formula is C10H9NO2. The van der Waals surface area contributed by atoms with Crippen LogP contribution in [0.4, 0.5) is 0 Å². The second kappa shape index (κ2) is 4.27. The molecule has 0 bridgehead atoms. The van der Waals surface area contributed by atoms with Crippen molar-refractivity contribution in [3.05, 3.63) is 29.6 Å². The van der Waals surface area contributed by atoms with Crippen LogP contribution in [0.25, 0.3) is 0 Å². The van der Waals surface area contributed by atoms with E-state index in [2.05, 4.69) is 10.9 Å². The van der Waals surface area contributed by atoms with Crippen molar-refractivity contribution in [1.29, 1.82) is 0 Å².